The van der Waals surface area contributed by atoms with Crippen LogP contribution in [0, 0.1) is 33.5 Å². The zero-order chi connectivity index (χ0) is 16.6. The lowest BCUT2D eigenvalue weighted by Gasteiger charge is -2.11. The number of aryl methyl sites for hydroxylation is 3. The first-order chi connectivity index (χ1) is 11.0. The molecule has 0 aliphatic rings. The van der Waals surface area contributed by atoms with Gasteiger partial charge in [0.1, 0.15) is 5.82 Å². The molecule has 0 aliphatic carbocycles. The van der Waals surface area contributed by atoms with E-state index in [1.54, 1.807) is 18.5 Å². The molecule has 0 saturated carbocycles. The number of hydrogen-bond donors (Lipinski definition) is 0. The number of halogens is 1. The van der Waals surface area contributed by atoms with Crippen LogP contribution >= 0.6 is 0 Å². The predicted molar refractivity (Wildman–Crippen MR) is 91.8 cm³/mol. The van der Waals surface area contributed by atoms with Crippen LogP contribution in [0.5, 0.6) is 0 Å². The largest absolute Gasteiger partial charge is 0.236 e. The van der Waals surface area contributed by atoms with Crippen molar-refractivity contribution in [1.82, 2.24) is 9.97 Å². The molecule has 0 saturated heterocycles. The van der Waals surface area contributed by atoms with Gasteiger partial charge in [0, 0.05) is 23.5 Å². The molecule has 3 aromatic rings. The molecular weight excluding hydrogens is 287 g/mol. The minimum atomic E-state index is -0.255. The molecule has 3 rings (SSSR count). The van der Waals surface area contributed by atoms with Crippen molar-refractivity contribution >= 4 is 0 Å². The maximum absolute atomic E-state index is 14.6. The van der Waals surface area contributed by atoms with Crippen LogP contribution in [0.1, 0.15) is 22.3 Å². The summed E-state index contributed by atoms with van der Waals surface area (Å²) in [5.74, 6) is 0.284. The van der Waals surface area contributed by atoms with Gasteiger partial charge < -0.3 is 0 Å². The normalized spacial score (nSPS) is 10.8. The van der Waals surface area contributed by atoms with Crippen LogP contribution in [0.3, 0.4) is 0 Å². The van der Waals surface area contributed by atoms with Crippen molar-refractivity contribution in [2.75, 3.05) is 0 Å². The zero-order valence-corrected chi connectivity index (χ0v) is 13.8. The van der Waals surface area contributed by atoms with Gasteiger partial charge in [-0.3, -0.25) is 0 Å². The van der Waals surface area contributed by atoms with Crippen LogP contribution < -0.4 is 0 Å². The van der Waals surface area contributed by atoms with Crippen molar-refractivity contribution in [1.29, 1.82) is 0 Å². The van der Waals surface area contributed by atoms with Crippen molar-refractivity contribution in [2.45, 2.75) is 27.7 Å². The highest BCUT2D eigenvalue weighted by atomic mass is 19.1. The Morgan fingerprint density at radius 1 is 0.783 bits per heavy atom. The van der Waals surface area contributed by atoms with Gasteiger partial charge in [0.15, 0.2) is 5.82 Å². The summed E-state index contributed by atoms with van der Waals surface area (Å²) >= 11 is 0. The first-order valence-corrected chi connectivity index (χ1v) is 7.62. The van der Waals surface area contributed by atoms with E-state index in [0.29, 0.717) is 17.0 Å². The number of nitrogens with zero attached hydrogens (tertiary/aromatic N) is 2. The first kappa shape index (κ1) is 15.3. The molecule has 1 heterocycles. The molecule has 0 spiro atoms. The molecule has 3 heteroatoms. The zero-order valence-electron chi connectivity index (χ0n) is 13.8. The van der Waals surface area contributed by atoms with Crippen molar-refractivity contribution in [3.05, 3.63) is 70.8 Å². The Hall–Kier alpha value is -2.55. The van der Waals surface area contributed by atoms with Gasteiger partial charge >= 0.3 is 0 Å². The van der Waals surface area contributed by atoms with E-state index in [-0.39, 0.29) is 5.82 Å². The quantitative estimate of drug-likeness (QED) is 0.651. The van der Waals surface area contributed by atoms with Crippen molar-refractivity contribution in [2.24, 2.45) is 0 Å². The molecule has 23 heavy (non-hydrogen) atoms. The van der Waals surface area contributed by atoms with Crippen LogP contribution in [0.15, 0.2) is 42.7 Å². The lowest BCUT2D eigenvalue weighted by molar-refractivity contribution is 0.631. The highest BCUT2D eigenvalue weighted by Crippen LogP contribution is 2.29. The first-order valence-electron chi connectivity index (χ1n) is 7.62. The van der Waals surface area contributed by atoms with E-state index in [1.165, 1.54) is 22.8 Å². The minimum Gasteiger partial charge on any atom is -0.236 e. The van der Waals surface area contributed by atoms with Crippen LogP contribution in [0.25, 0.3) is 22.5 Å². The highest BCUT2D eigenvalue weighted by molar-refractivity contribution is 5.70. The highest BCUT2D eigenvalue weighted by Gasteiger charge is 2.10. The summed E-state index contributed by atoms with van der Waals surface area (Å²) < 4.78 is 14.6. The van der Waals surface area contributed by atoms with Crippen LogP contribution in [-0.4, -0.2) is 9.97 Å². The fourth-order valence-electron chi connectivity index (χ4n) is 2.62. The van der Waals surface area contributed by atoms with Crippen molar-refractivity contribution < 1.29 is 4.39 Å². The number of rotatable bonds is 2. The second-order valence-corrected chi connectivity index (χ2v) is 6.01. The van der Waals surface area contributed by atoms with E-state index in [2.05, 4.69) is 30.7 Å². The van der Waals surface area contributed by atoms with Crippen molar-refractivity contribution in [3.8, 4) is 22.5 Å². The topological polar surface area (TPSA) is 25.8 Å². The van der Waals surface area contributed by atoms with Gasteiger partial charge in [-0.25, -0.2) is 14.4 Å². The summed E-state index contributed by atoms with van der Waals surface area (Å²) in [4.78, 5) is 8.51. The predicted octanol–water partition coefficient (Wildman–Crippen LogP) is 5.18. The SMILES string of the molecule is Cc1cnc(-c2ccc(-c3cc(C)c(C)c(C)c3)c(F)c2)nc1. The van der Waals surface area contributed by atoms with Gasteiger partial charge in [-0.1, -0.05) is 24.3 Å². The molecule has 116 valence electrons. The fourth-order valence-corrected chi connectivity index (χ4v) is 2.62. The third-order valence-corrected chi connectivity index (χ3v) is 4.25. The summed E-state index contributed by atoms with van der Waals surface area (Å²) in [7, 11) is 0. The Kier molecular flexibility index (Phi) is 3.95. The Bertz CT molecular complexity index is 844. The molecule has 2 aromatic carbocycles. The number of hydrogen-bond acceptors (Lipinski definition) is 2. The number of benzene rings is 2. The van der Waals surface area contributed by atoms with E-state index in [4.69, 9.17) is 0 Å². The monoisotopic (exact) mass is 306 g/mol. The van der Waals surface area contributed by atoms with Crippen LogP contribution in [0.2, 0.25) is 0 Å². The van der Waals surface area contributed by atoms with Gasteiger partial charge in [-0.15, -0.1) is 0 Å². The second kappa shape index (κ2) is 5.92. The second-order valence-electron chi connectivity index (χ2n) is 6.01. The molecule has 0 N–H and O–H groups in total. The van der Waals surface area contributed by atoms with Gasteiger partial charge in [0.05, 0.1) is 0 Å². The maximum atomic E-state index is 14.6. The molecular formula is C20H19FN2. The van der Waals surface area contributed by atoms with E-state index in [1.807, 2.05) is 25.1 Å². The smallest absolute Gasteiger partial charge is 0.159 e. The van der Waals surface area contributed by atoms with Gasteiger partial charge in [-0.2, -0.15) is 0 Å². The fraction of sp³-hybridized carbons (Fsp3) is 0.200. The third-order valence-electron chi connectivity index (χ3n) is 4.25. The Morgan fingerprint density at radius 3 is 1.96 bits per heavy atom. The van der Waals surface area contributed by atoms with E-state index < -0.39 is 0 Å². The lowest BCUT2D eigenvalue weighted by Crippen LogP contribution is -1.93. The van der Waals surface area contributed by atoms with E-state index >= 15 is 0 Å². The van der Waals surface area contributed by atoms with Gasteiger partial charge in [0.2, 0.25) is 0 Å². The molecule has 0 aliphatic heterocycles. The Labute approximate surface area is 136 Å². The molecule has 1 aromatic heterocycles. The molecule has 0 fully saturated rings. The van der Waals surface area contributed by atoms with E-state index in [9.17, 15) is 4.39 Å². The van der Waals surface area contributed by atoms with Crippen LogP contribution in [-0.2, 0) is 0 Å². The summed E-state index contributed by atoms with van der Waals surface area (Å²) in [6, 6.07) is 9.24. The molecule has 0 unspecified atom stereocenters. The molecule has 2 nitrogen and oxygen atoms in total. The average Bonchev–Trinajstić information content (AvgIpc) is 2.53. The Morgan fingerprint density at radius 2 is 1.39 bits per heavy atom. The standard InChI is InChI=1S/C20H19FN2/c1-12-10-22-20(23-11-12)16-5-6-18(19(21)9-16)17-7-13(2)15(4)14(3)8-17/h5-11H,1-4H3. The maximum Gasteiger partial charge on any atom is 0.159 e. The molecule has 0 radical (unpaired) electrons. The minimum absolute atomic E-state index is 0.255. The van der Waals surface area contributed by atoms with Crippen molar-refractivity contribution in [3.63, 3.8) is 0 Å². The summed E-state index contributed by atoms with van der Waals surface area (Å²) in [6.45, 7) is 8.12. The number of aromatic nitrogens is 2. The molecule has 0 atom stereocenters. The summed E-state index contributed by atoms with van der Waals surface area (Å²) in [5, 5.41) is 0. The third kappa shape index (κ3) is 3.00. The van der Waals surface area contributed by atoms with E-state index in [0.717, 1.165) is 11.1 Å². The Balaban J connectivity index is 2.04. The van der Waals surface area contributed by atoms with Gasteiger partial charge in [0.25, 0.3) is 0 Å². The average molecular weight is 306 g/mol. The van der Waals surface area contributed by atoms with Gasteiger partial charge in [-0.05, 0) is 61.6 Å². The lowest BCUT2D eigenvalue weighted by atomic mass is 9.95. The van der Waals surface area contributed by atoms with Crippen LogP contribution in [0.4, 0.5) is 4.39 Å². The molecule has 0 bridgehead atoms. The summed E-state index contributed by atoms with van der Waals surface area (Å²) in [5.41, 5.74) is 6.77. The molecule has 0 amide bonds. The summed E-state index contributed by atoms with van der Waals surface area (Å²) in [6.07, 6.45) is 3.47.